The average Bonchev–Trinajstić information content (AvgIpc) is 2.96. The Hall–Kier alpha value is -0.940. The first kappa shape index (κ1) is 10.6. The van der Waals surface area contributed by atoms with Gasteiger partial charge < -0.3 is 10.6 Å². The summed E-state index contributed by atoms with van der Waals surface area (Å²) in [6, 6.07) is 0. The molecule has 86 valence electrons. The molecular formula is C9H14F3N3. The maximum absolute atomic E-state index is 12.5. The van der Waals surface area contributed by atoms with Gasteiger partial charge in [0.1, 0.15) is 0 Å². The molecule has 0 amide bonds. The van der Waals surface area contributed by atoms with Crippen molar-refractivity contribution < 1.29 is 13.2 Å². The van der Waals surface area contributed by atoms with Gasteiger partial charge in [-0.15, -0.1) is 0 Å². The standard InChI is InChI=1S/C9H14F3N3/c10-9(11,12)8(2-3-8)6-15-7-13-4-1-5-14-7/h1-6H2,(H2,13,14,15). The molecule has 1 fully saturated rings. The minimum absolute atomic E-state index is 0.0532. The van der Waals surface area contributed by atoms with Gasteiger partial charge in [-0.2, -0.15) is 13.2 Å². The molecule has 0 aromatic heterocycles. The van der Waals surface area contributed by atoms with Gasteiger partial charge in [0.2, 0.25) is 0 Å². The highest BCUT2D eigenvalue weighted by Crippen LogP contribution is 2.56. The van der Waals surface area contributed by atoms with Crippen molar-refractivity contribution in [1.82, 2.24) is 10.6 Å². The number of halogens is 3. The van der Waals surface area contributed by atoms with Crippen LogP contribution in [0.1, 0.15) is 19.3 Å². The molecule has 1 heterocycles. The summed E-state index contributed by atoms with van der Waals surface area (Å²) in [5.41, 5.74) is -1.49. The lowest BCUT2D eigenvalue weighted by Crippen LogP contribution is -2.45. The third-order valence-corrected chi connectivity index (χ3v) is 2.95. The number of hydrogen-bond donors (Lipinski definition) is 2. The summed E-state index contributed by atoms with van der Waals surface area (Å²) in [6.07, 6.45) is -2.68. The van der Waals surface area contributed by atoms with Gasteiger partial charge in [0.15, 0.2) is 5.96 Å². The molecule has 0 atom stereocenters. The Morgan fingerprint density at radius 2 is 2.13 bits per heavy atom. The smallest absolute Gasteiger partial charge is 0.356 e. The molecule has 6 heteroatoms. The summed E-state index contributed by atoms with van der Waals surface area (Å²) in [4.78, 5) is 4.07. The van der Waals surface area contributed by atoms with Gasteiger partial charge in [0.05, 0.1) is 5.41 Å². The van der Waals surface area contributed by atoms with Crippen LogP contribution in [0.15, 0.2) is 4.99 Å². The van der Waals surface area contributed by atoms with Gasteiger partial charge in [0, 0.05) is 19.6 Å². The molecule has 0 aromatic carbocycles. The molecule has 2 rings (SSSR count). The van der Waals surface area contributed by atoms with Crippen molar-refractivity contribution in [2.45, 2.75) is 25.4 Å². The van der Waals surface area contributed by atoms with E-state index in [2.05, 4.69) is 15.6 Å². The van der Waals surface area contributed by atoms with Crippen LogP contribution in [0.3, 0.4) is 0 Å². The largest absolute Gasteiger partial charge is 0.396 e. The molecule has 1 aliphatic carbocycles. The van der Waals surface area contributed by atoms with Crippen LogP contribution in [0.5, 0.6) is 0 Å². The number of nitrogens with zero attached hydrogens (tertiary/aromatic N) is 1. The van der Waals surface area contributed by atoms with Crippen LogP contribution in [0.4, 0.5) is 13.2 Å². The first-order valence-electron chi connectivity index (χ1n) is 5.12. The Morgan fingerprint density at radius 3 is 2.60 bits per heavy atom. The summed E-state index contributed by atoms with van der Waals surface area (Å²) in [6.45, 7) is 1.42. The Morgan fingerprint density at radius 1 is 1.40 bits per heavy atom. The van der Waals surface area contributed by atoms with E-state index in [0.29, 0.717) is 12.5 Å². The zero-order valence-electron chi connectivity index (χ0n) is 8.32. The van der Waals surface area contributed by atoms with E-state index in [4.69, 9.17) is 0 Å². The minimum Gasteiger partial charge on any atom is -0.356 e. The average molecular weight is 221 g/mol. The fraction of sp³-hybridized carbons (Fsp3) is 0.889. The number of hydrogen-bond acceptors (Lipinski definition) is 3. The fourth-order valence-electron chi connectivity index (χ4n) is 1.62. The molecule has 0 aromatic rings. The van der Waals surface area contributed by atoms with Crippen LogP contribution in [-0.2, 0) is 0 Å². The van der Waals surface area contributed by atoms with Crippen LogP contribution in [0.25, 0.3) is 0 Å². The molecule has 2 aliphatic rings. The SMILES string of the molecule is FC(F)(F)C1(CNC2=NCCCN2)CC1. The first-order valence-corrected chi connectivity index (χ1v) is 5.12. The molecular weight excluding hydrogens is 207 g/mol. The zero-order valence-corrected chi connectivity index (χ0v) is 8.32. The molecule has 1 saturated carbocycles. The maximum Gasteiger partial charge on any atom is 0.396 e. The van der Waals surface area contributed by atoms with Crippen molar-refractivity contribution >= 4 is 5.96 Å². The highest BCUT2D eigenvalue weighted by Gasteiger charge is 2.62. The van der Waals surface area contributed by atoms with Gasteiger partial charge >= 0.3 is 6.18 Å². The highest BCUT2D eigenvalue weighted by molar-refractivity contribution is 5.80. The van der Waals surface area contributed by atoms with E-state index in [1.807, 2.05) is 0 Å². The van der Waals surface area contributed by atoms with Gasteiger partial charge in [-0.1, -0.05) is 0 Å². The molecule has 3 nitrogen and oxygen atoms in total. The van der Waals surface area contributed by atoms with Crippen molar-refractivity contribution in [3.05, 3.63) is 0 Å². The van der Waals surface area contributed by atoms with E-state index in [1.54, 1.807) is 0 Å². The number of nitrogens with one attached hydrogen (secondary N) is 2. The normalized spacial score (nSPS) is 24.1. The quantitative estimate of drug-likeness (QED) is 0.736. The number of guanidine groups is 1. The molecule has 2 N–H and O–H groups in total. The van der Waals surface area contributed by atoms with Gasteiger partial charge in [-0.25, -0.2) is 0 Å². The third-order valence-electron chi connectivity index (χ3n) is 2.95. The molecule has 1 aliphatic heterocycles. The lowest BCUT2D eigenvalue weighted by atomic mass is 10.1. The van der Waals surface area contributed by atoms with Gasteiger partial charge in [0.25, 0.3) is 0 Å². The Bertz CT molecular complexity index is 268. The highest BCUT2D eigenvalue weighted by atomic mass is 19.4. The summed E-state index contributed by atoms with van der Waals surface area (Å²) in [5, 5.41) is 5.69. The first-order chi connectivity index (χ1) is 7.04. The van der Waals surface area contributed by atoms with Crippen LogP contribution < -0.4 is 10.6 Å². The Labute approximate surface area is 86.1 Å². The lowest BCUT2D eigenvalue weighted by Gasteiger charge is -2.22. The molecule has 0 saturated heterocycles. The monoisotopic (exact) mass is 221 g/mol. The second-order valence-electron chi connectivity index (χ2n) is 4.14. The number of rotatable bonds is 2. The maximum atomic E-state index is 12.5. The third kappa shape index (κ3) is 2.18. The van der Waals surface area contributed by atoms with E-state index < -0.39 is 11.6 Å². The van der Waals surface area contributed by atoms with Gasteiger partial charge in [-0.3, -0.25) is 4.99 Å². The number of aliphatic imine (C=N–C) groups is 1. The molecule has 0 unspecified atom stereocenters. The molecule has 15 heavy (non-hydrogen) atoms. The lowest BCUT2D eigenvalue weighted by molar-refractivity contribution is -0.184. The molecule has 0 radical (unpaired) electrons. The van der Waals surface area contributed by atoms with Gasteiger partial charge in [-0.05, 0) is 19.3 Å². The second kappa shape index (κ2) is 3.57. The van der Waals surface area contributed by atoms with Crippen molar-refractivity contribution in [3.63, 3.8) is 0 Å². The fourth-order valence-corrected chi connectivity index (χ4v) is 1.62. The van der Waals surface area contributed by atoms with E-state index in [-0.39, 0.29) is 19.4 Å². The predicted molar refractivity (Wildman–Crippen MR) is 50.6 cm³/mol. The molecule has 0 spiro atoms. The Kier molecular flexibility index (Phi) is 2.52. The van der Waals surface area contributed by atoms with Crippen LogP contribution in [-0.4, -0.2) is 31.8 Å². The summed E-state index contributed by atoms with van der Waals surface area (Å²) in [5.74, 6) is 0.511. The summed E-state index contributed by atoms with van der Waals surface area (Å²) >= 11 is 0. The van der Waals surface area contributed by atoms with Crippen LogP contribution in [0.2, 0.25) is 0 Å². The van der Waals surface area contributed by atoms with Crippen LogP contribution in [0, 0.1) is 5.41 Å². The summed E-state index contributed by atoms with van der Waals surface area (Å²) < 4.78 is 37.6. The van der Waals surface area contributed by atoms with Crippen molar-refractivity contribution in [2.24, 2.45) is 10.4 Å². The zero-order chi connectivity index (χ0) is 10.9. The van der Waals surface area contributed by atoms with E-state index in [9.17, 15) is 13.2 Å². The minimum atomic E-state index is -4.09. The van der Waals surface area contributed by atoms with E-state index >= 15 is 0 Å². The summed E-state index contributed by atoms with van der Waals surface area (Å²) in [7, 11) is 0. The van der Waals surface area contributed by atoms with Crippen molar-refractivity contribution in [3.8, 4) is 0 Å². The van der Waals surface area contributed by atoms with Crippen molar-refractivity contribution in [2.75, 3.05) is 19.6 Å². The topological polar surface area (TPSA) is 36.4 Å². The number of alkyl halides is 3. The van der Waals surface area contributed by atoms with Crippen molar-refractivity contribution in [1.29, 1.82) is 0 Å². The van der Waals surface area contributed by atoms with E-state index in [0.717, 1.165) is 13.0 Å². The second-order valence-corrected chi connectivity index (χ2v) is 4.14. The van der Waals surface area contributed by atoms with E-state index in [1.165, 1.54) is 0 Å². The van der Waals surface area contributed by atoms with Crippen LogP contribution >= 0.6 is 0 Å². The Balaban J connectivity index is 1.85. The molecule has 0 bridgehead atoms. The predicted octanol–water partition coefficient (Wildman–Crippen LogP) is 1.27.